The maximum atomic E-state index is 11.8. The summed E-state index contributed by atoms with van der Waals surface area (Å²) in [6, 6.07) is 7.50. The Balaban J connectivity index is 2.08. The fourth-order valence-electron chi connectivity index (χ4n) is 2.24. The normalized spacial score (nSPS) is 21.8. The van der Waals surface area contributed by atoms with Crippen LogP contribution < -0.4 is 5.43 Å². The third-order valence-electron chi connectivity index (χ3n) is 3.12. The fraction of sp³-hybridized carbons (Fsp3) is 0.143. The number of carbonyl (C=O) groups is 1. The van der Waals surface area contributed by atoms with Gasteiger partial charge in [-0.25, -0.2) is 5.43 Å². The van der Waals surface area contributed by atoms with Gasteiger partial charge in [-0.05, 0) is 24.1 Å². The predicted octanol–water partition coefficient (Wildman–Crippen LogP) is 2.68. The van der Waals surface area contributed by atoms with E-state index < -0.39 is 0 Å². The van der Waals surface area contributed by atoms with Crippen molar-refractivity contribution in [2.45, 2.75) is 6.42 Å². The molecule has 1 aliphatic heterocycles. The molecule has 0 aromatic heterocycles. The summed E-state index contributed by atoms with van der Waals surface area (Å²) in [5.74, 6) is -0.183. The molecule has 90 valence electrons. The standard InChI is InChI=1S/C14H11ClN2O/c15-10-5-3-4-9(8-10)13-11-6-1-2-7-12(11)14(18)17-16-13/h1-6,8,12H,7H2,(H,17,18). The van der Waals surface area contributed by atoms with Crippen molar-refractivity contribution in [2.24, 2.45) is 11.0 Å². The average Bonchev–Trinajstić information content (AvgIpc) is 2.39. The van der Waals surface area contributed by atoms with Crippen molar-refractivity contribution in [1.29, 1.82) is 0 Å². The van der Waals surface area contributed by atoms with E-state index in [-0.39, 0.29) is 11.8 Å². The van der Waals surface area contributed by atoms with Gasteiger partial charge < -0.3 is 0 Å². The molecule has 1 heterocycles. The van der Waals surface area contributed by atoms with E-state index in [0.717, 1.165) is 23.3 Å². The van der Waals surface area contributed by atoms with E-state index in [0.29, 0.717) is 5.02 Å². The van der Waals surface area contributed by atoms with Crippen LogP contribution in [0.2, 0.25) is 5.02 Å². The first-order valence-corrected chi connectivity index (χ1v) is 6.14. The van der Waals surface area contributed by atoms with Crippen molar-refractivity contribution in [3.63, 3.8) is 0 Å². The second kappa shape index (κ2) is 4.42. The van der Waals surface area contributed by atoms with Gasteiger partial charge >= 0.3 is 0 Å². The van der Waals surface area contributed by atoms with Crippen LogP contribution >= 0.6 is 11.6 Å². The van der Waals surface area contributed by atoms with Gasteiger partial charge in [0.25, 0.3) is 0 Å². The van der Waals surface area contributed by atoms with Crippen molar-refractivity contribution in [1.82, 2.24) is 5.43 Å². The molecule has 3 nitrogen and oxygen atoms in total. The molecule has 1 aliphatic carbocycles. The van der Waals surface area contributed by atoms with E-state index in [4.69, 9.17) is 11.6 Å². The Kier molecular flexibility index (Phi) is 2.76. The molecule has 1 N–H and O–H groups in total. The molecule has 1 aromatic rings. The zero-order valence-electron chi connectivity index (χ0n) is 9.56. The Labute approximate surface area is 110 Å². The first-order chi connectivity index (χ1) is 8.75. The topological polar surface area (TPSA) is 41.5 Å². The number of fused-ring (bicyclic) bond motifs is 1. The van der Waals surface area contributed by atoms with Crippen molar-refractivity contribution >= 4 is 23.2 Å². The quantitative estimate of drug-likeness (QED) is 0.827. The molecule has 0 bridgehead atoms. The summed E-state index contributed by atoms with van der Waals surface area (Å²) in [6.07, 6.45) is 6.63. The van der Waals surface area contributed by atoms with E-state index in [2.05, 4.69) is 10.5 Å². The molecule has 1 amide bonds. The minimum absolute atomic E-state index is 0.0450. The summed E-state index contributed by atoms with van der Waals surface area (Å²) in [5.41, 5.74) is 5.26. The summed E-state index contributed by atoms with van der Waals surface area (Å²) in [4.78, 5) is 11.8. The number of rotatable bonds is 1. The van der Waals surface area contributed by atoms with Crippen molar-refractivity contribution in [3.05, 3.63) is 58.7 Å². The van der Waals surface area contributed by atoms with Crippen molar-refractivity contribution < 1.29 is 4.79 Å². The van der Waals surface area contributed by atoms with Gasteiger partial charge in [0.15, 0.2) is 0 Å². The van der Waals surface area contributed by atoms with Crippen LogP contribution in [-0.4, -0.2) is 11.6 Å². The summed E-state index contributed by atoms with van der Waals surface area (Å²) < 4.78 is 0. The maximum Gasteiger partial charge on any atom is 0.248 e. The molecule has 1 atom stereocenters. The van der Waals surface area contributed by atoms with E-state index in [1.165, 1.54) is 0 Å². The number of carbonyl (C=O) groups excluding carboxylic acids is 1. The van der Waals surface area contributed by atoms with Crippen molar-refractivity contribution in [3.8, 4) is 0 Å². The van der Waals surface area contributed by atoms with Crippen LogP contribution in [0.4, 0.5) is 0 Å². The lowest BCUT2D eigenvalue weighted by atomic mass is 9.84. The first-order valence-electron chi connectivity index (χ1n) is 5.76. The van der Waals surface area contributed by atoms with E-state index in [1.54, 1.807) is 0 Å². The third-order valence-corrected chi connectivity index (χ3v) is 3.36. The molecule has 2 aliphatic rings. The molecule has 0 spiro atoms. The van der Waals surface area contributed by atoms with Gasteiger partial charge in [-0.1, -0.05) is 42.0 Å². The highest BCUT2D eigenvalue weighted by Gasteiger charge is 2.30. The lowest BCUT2D eigenvalue weighted by molar-refractivity contribution is -0.124. The number of hydrazone groups is 1. The highest BCUT2D eigenvalue weighted by molar-refractivity contribution is 6.31. The largest absolute Gasteiger partial charge is 0.272 e. The Hall–Kier alpha value is -1.87. The fourth-order valence-corrected chi connectivity index (χ4v) is 2.43. The number of halogens is 1. The lowest BCUT2D eigenvalue weighted by Gasteiger charge is -2.25. The van der Waals surface area contributed by atoms with Crippen LogP contribution in [0.5, 0.6) is 0 Å². The third kappa shape index (κ3) is 1.87. The van der Waals surface area contributed by atoms with Gasteiger partial charge in [-0.2, -0.15) is 5.10 Å². The van der Waals surface area contributed by atoms with Crippen LogP contribution in [0, 0.1) is 5.92 Å². The van der Waals surface area contributed by atoms with E-state index >= 15 is 0 Å². The smallest absolute Gasteiger partial charge is 0.248 e. The summed E-state index contributed by atoms with van der Waals surface area (Å²) in [5, 5.41) is 4.83. The van der Waals surface area contributed by atoms with Gasteiger partial charge in [0.05, 0.1) is 11.6 Å². The van der Waals surface area contributed by atoms with Gasteiger partial charge in [-0.15, -0.1) is 0 Å². The van der Waals surface area contributed by atoms with Crippen LogP contribution in [0.15, 0.2) is 53.2 Å². The summed E-state index contributed by atoms with van der Waals surface area (Å²) in [6.45, 7) is 0. The van der Waals surface area contributed by atoms with Gasteiger partial charge in [0.2, 0.25) is 5.91 Å². The Morgan fingerprint density at radius 1 is 1.39 bits per heavy atom. The van der Waals surface area contributed by atoms with Crippen molar-refractivity contribution in [2.75, 3.05) is 0 Å². The number of benzene rings is 1. The number of nitrogens with one attached hydrogen (secondary N) is 1. The van der Waals surface area contributed by atoms with Crippen LogP contribution in [0.1, 0.15) is 12.0 Å². The minimum atomic E-state index is -0.138. The zero-order valence-corrected chi connectivity index (χ0v) is 10.3. The molecule has 0 saturated carbocycles. The highest BCUT2D eigenvalue weighted by atomic mass is 35.5. The van der Waals surface area contributed by atoms with E-state index in [9.17, 15) is 4.79 Å². The summed E-state index contributed by atoms with van der Waals surface area (Å²) >= 11 is 5.99. The average molecular weight is 259 g/mol. The van der Waals surface area contributed by atoms with Gasteiger partial charge in [-0.3, -0.25) is 4.79 Å². The lowest BCUT2D eigenvalue weighted by Crippen LogP contribution is -2.37. The predicted molar refractivity (Wildman–Crippen MR) is 71.5 cm³/mol. The molecule has 0 fully saturated rings. The van der Waals surface area contributed by atoms with Gasteiger partial charge in [0.1, 0.15) is 0 Å². The molecule has 3 rings (SSSR count). The number of hydrogen-bond donors (Lipinski definition) is 1. The van der Waals surface area contributed by atoms with Crippen LogP contribution in [0.3, 0.4) is 0 Å². The number of nitrogens with zero attached hydrogens (tertiary/aromatic N) is 1. The SMILES string of the molecule is O=C1NN=C(c2cccc(Cl)c2)C2=CC=CCC12. The number of hydrogen-bond acceptors (Lipinski definition) is 2. The number of allylic oxidation sites excluding steroid dienone is 3. The first kappa shape index (κ1) is 11.2. The second-order valence-corrected chi connectivity index (χ2v) is 4.72. The minimum Gasteiger partial charge on any atom is -0.272 e. The number of amides is 1. The monoisotopic (exact) mass is 258 g/mol. The molecular weight excluding hydrogens is 248 g/mol. The highest BCUT2D eigenvalue weighted by Crippen LogP contribution is 2.28. The second-order valence-electron chi connectivity index (χ2n) is 4.29. The zero-order chi connectivity index (χ0) is 12.5. The Bertz CT molecular complexity index is 602. The molecule has 4 heteroatoms. The van der Waals surface area contributed by atoms with E-state index in [1.807, 2.05) is 42.5 Å². The van der Waals surface area contributed by atoms with Gasteiger partial charge in [0, 0.05) is 10.6 Å². The molecule has 18 heavy (non-hydrogen) atoms. The molecule has 1 aromatic carbocycles. The van der Waals surface area contributed by atoms with Crippen LogP contribution in [-0.2, 0) is 4.79 Å². The molecule has 0 radical (unpaired) electrons. The Morgan fingerprint density at radius 3 is 3.11 bits per heavy atom. The molecule has 0 saturated heterocycles. The summed E-state index contributed by atoms with van der Waals surface area (Å²) in [7, 11) is 0. The molecular formula is C14H11ClN2O. The molecule has 1 unspecified atom stereocenters. The Morgan fingerprint density at radius 2 is 2.28 bits per heavy atom. The maximum absolute atomic E-state index is 11.8. The van der Waals surface area contributed by atoms with Crippen LogP contribution in [0.25, 0.3) is 0 Å².